The van der Waals surface area contributed by atoms with Crippen molar-refractivity contribution >= 4 is 0 Å². The Morgan fingerprint density at radius 3 is 2.87 bits per heavy atom. The molecule has 0 aromatic heterocycles. The molecule has 1 aromatic rings. The summed E-state index contributed by atoms with van der Waals surface area (Å²) < 4.78 is 0. The summed E-state index contributed by atoms with van der Waals surface area (Å²) in [5.74, 6) is 0.472. The fourth-order valence-corrected chi connectivity index (χ4v) is 4.42. The highest BCUT2D eigenvalue weighted by atomic mass is 16.3. The number of hydrogen-bond donors (Lipinski definition) is 2. The van der Waals surface area contributed by atoms with Crippen molar-refractivity contribution in [3.8, 4) is 0 Å². The molecule has 1 fully saturated rings. The van der Waals surface area contributed by atoms with E-state index in [1.807, 2.05) is 0 Å². The van der Waals surface area contributed by atoms with Gasteiger partial charge in [0.25, 0.3) is 0 Å². The normalized spacial score (nSPS) is 29.3. The molecule has 0 saturated heterocycles. The van der Waals surface area contributed by atoms with E-state index in [9.17, 15) is 5.11 Å². The lowest BCUT2D eigenvalue weighted by Gasteiger charge is -2.37. The molecule has 126 valence electrons. The van der Waals surface area contributed by atoms with Crippen LogP contribution in [-0.4, -0.2) is 16.7 Å². The standard InChI is InChI=1S/C21H31NO/c1-2-3-4-9-19(23)11-10-16-12-13-21(22)15-18-8-6-5-7-17(18)14-20(16)21/h5-8,10,19-20,23H,2-4,9,11-15,22H2,1H3/b16-10+. The van der Waals surface area contributed by atoms with E-state index < -0.39 is 0 Å². The number of aliphatic hydroxyl groups is 1. The molecule has 0 bridgehead atoms. The van der Waals surface area contributed by atoms with Gasteiger partial charge in [-0.3, -0.25) is 0 Å². The first-order chi connectivity index (χ1) is 11.1. The average Bonchev–Trinajstić information content (AvgIpc) is 2.86. The summed E-state index contributed by atoms with van der Waals surface area (Å²) in [6, 6.07) is 8.75. The first-order valence-corrected chi connectivity index (χ1v) is 9.35. The number of fused-ring (bicyclic) bond motifs is 2. The predicted molar refractivity (Wildman–Crippen MR) is 96.3 cm³/mol. The smallest absolute Gasteiger partial charge is 0.0574 e. The molecular weight excluding hydrogens is 282 g/mol. The zero-order valence-corrected chi connectivity index (χ0v) is 14.4. The number of hydrogen-bond acceptors (Lipinski definition) is 2. The predicted octanol–water partition coefficient (Wildman–Crippen LogP) is 4.15. The second-order valence-electron chi connectivity index (χ2n) is 7.60. The molecule has 2 aliphatic carbocycles. The molecule has 1 saturated carbocycles. The van der Waals surface area contributed by atoms with Crippen molar-refractivity contribution in [2.45, 2.75) is 76.4 Å². The molecule has 2 nitrogen and oxygen atoms in total. The lowest BCUT2D eigenvalue weighted by molar-refractivity contribution is 0.163. The lowest BCUT2D eigenvalue weighted by atomic mass is 9.71. The molecule has 2 aliphatic rings. The Labute approximate surface area is 140 Å². The van der Waals surface area contributed by atoms with Crippen LogP contribution in [0.1, 0.15) is 63.0 Å². The second-order valence-corrected chi connectivity index (χ2v) is 7.60. The molecule has 1 aromatic carbocycles. The van der Waals surface area contributed by atoms with Gasteiger partial charge < -0.3 is 10.8 Å². The maximum atomic E-state index is 10.2. The Balaban J connectivity index is 1.65. The quantitative estimate of drug-likeness (QED) is 0.612. The summed E-state index contributed by atoms with van der Waals surface area (Å²) in [4.78, 5) is 0. The van der Waals surface area contributed by atoms with E-state index in [0.29, 0.717) is 5.92 Å². The van der Waals surface area contributed by atoms with Crippen LogP contribution in [0.15, 0.2) is 35.9 Å². The first kappa shape index (κ1) is 16.7. The summed E-state index contributed by atoms with van der Waals surface area (Å²) in [5.41, 5.74) is 11.1. The van der Waals surface area contributed by atoms with Crippen molar-refractivity contribution in [1.29, 1.82) is 0 Å². The monoisotopic (exact) mass is 313 g/mol. The van der Waals surface area contributed by atoms with Crippen molar-refractivity contribution < 1.29 is 5.11 Å². The van der Waals surface area contributed by atoms with E-state index in [1.54, 1.807) is 0 Å². The van der Waals surface area contributed by atoms with Crippen LogP contribution in [-0.2, 0) is 12.8 Å². The van der Waals surface area contributed by atoms with Crippen LogP contribution >= 0.6 is 0 Å². The van der Waals surface area contributed by atoms with Gasteiger partial charge in [0.05, 0.1) is 6.10 Å². The summed E-state index contributed by atoms with van der Waals surface area (Å²) in [6.45, 7) is 2.20. The molecule has 23 heavy (non-hydrogen) atoms. The fourth-order valence-electron chi connectivity index (χ4n) is 4.42. The van der Waals surface area contributed by atoms with Gasteiger partial charge in [-0.2, -0.15) is 0 Å². The zero-order valence-electron chi connectivity index (χ0n) is 14.4. The van der Waals surface area contributed by atoms with Crippen molar-refractivity contribution in [3.05, 3.63) is 47.0 Å². The van der Waals surface area contributed by atoms with Gasteiger partial charge in [-0.25, -0.2) is 0 Å². The van der Waals surface area contributed by atoms with Gasteiger partial charge in [0.1, 0.15) is 0 Å². The molecule has 3 rings (SSSR count). The zero-order chi connectivity index (χ0) is 16.3. The minimum Gasteiger partial charge on any atom is -0.393 e. The number of nitrogens with two attached hydrogens (primary N) is 1. The van der Waals surface area contributed by atoms with Gasteiger partial charge in [0.15, 0.2) is 0 Å². The molecule has 0 radical (unpaired) electrons. The number of benzene rings is 1. The van der Waals surface area contributed by atoms with E-state index in [0.717, 1.165) is 44.9 Å². The Kier molecular flexibility index (Phi) is 5.23. The second kappa shape index (κ2) is 7.19. The van der Waals surface area contributed by atoms with E-state index >= 15 is 0 Å². The Hall–Kier alpha value is -1.12. The van der Waals surface area contributed by atoms with Gasteiger partial charge in [0.2, 0.25) is 0 Å². The highest BCUT2D eigenvalue weighted by molar-refractivity contribution is 5.38. The largest absolute Gasteiger partial charge is 0.393 e. The van der Waals surface area contributed by atoms with Crippen molar-refractivity contribution in [1.82, 2.24) is 0 Å². The SMILES string of the molecule is CCCCCC(O)C/C=C1\CCC2(N)Cc3ccccc3CC12. The summed E-state index contributed by atoms with van der Waals surface area (Å²) in [5, 5.41) is 10.2. The van der Waals surface area contributed by atoms with Crippen LogP contribution < -0.4 is 5.73 Å². The topological polar surface area (TPSA) is 46.2 Å². The van der Waals surface area contributed by atoms with E-state index in [-0.39, 0.29) is 11.6 Å². The van der Waals surface area contributed by atoms with Gasteiger partial charge in [-0.15, -0.1) is 0 Å². The Morgan fingerprint density at radius 2 is 2.09 bits per heavy atom. The van der Waals surface area contributed by atoms with Crippen molar-refractivity contribution in [2.24, 2.45) is 11.7 Å². The van der Waals surface area contributed by atoms with Crippen molar-refractivity contribution in [3.63, 3.8) is 0 Å². The lowest BCUT2D eigenvalue weighted by Crippen LogP contribution is -2.49. The minimum atomic E-state index is -0.183. The molecule has 0 aliphatic heterocycles. The van der Waals surface area contributed by atoms with Gasteiger partial charge >= 0.3 is 0 Å². The van der Waals surface area contributed by atoms with E-state index in [1.165, 1.54) is 29.5 Å². The van der Waals surface area contributed by atoms with Gasteiger partial charge in [0, 0.05) is 11.5 Å². The Bertz CT molecular complexity index is 565. The average molecular weight is 313 g/mol. The summed E-state index contributed by atoms with van der Waals surface area (Å²) in [6.07, 6.45) is 11.7. The van der Waals surface area contributed by atoms with Crippen LogP contribution in [0, 0.1) is 5.92 Å². The van der Waals surface area contributed by atoms with Crippen LogP contribution in [0.2, 0.25) is 0 Å². The van der Waals surface area contributed by atoms with E-state index in [2.05, 4.69) is 37.3 Å². The third-order valence-corrected chi connectivity index (χ3v) is 5.88. The van der Waals surface area contributed by atoms with Crippen molar-refractivity contribution in [2.75, 3.05) is 0 Å². The minimum absolute atomic E-state index is 0.0622. The molecule has 0 heterocycles. The summed E-state index contributed by atoms with van der Waals surface area (Å²) >= 11 is 0. The molecule has 0 amide bonds. The van der Waals surface area contributed by atoms with Crippen LogP contribution in [0.4, 0.5) is 0 Å². The maximum Gasteiger partial charge on any atom is 0.0574 e. The van der Waals surface area contributed by atoms with Gasteiger partial charge in [-0.05, 0) is 49.7 Å². The molecule has 2 heteroatoms. The highest BCUT2D eigenvalue weighted by Crippen LogP contribution is 2.46. The third-order valence-electron chi connectivity index (χ3n) is 5.88. The molecule has 0 spiro atoms. The number of rotatable bonds is 6. The van der Waals surface area contributed by atoms with E-state index in [4.69, 9.17) is 5.73 Å². The number of aliphatic hydroxyl groups excluding tert-OH is 1. The molecule has 3 unspecified atom stereocenters. The molecular formula is C21H31NO. The molecule has 3 N–H and O–H groups in total. The molecule has 3 atom stereocenters. The third kappa shape index (κ3) is 3.70. The van der Waals surface area contributed by atoms with Crippen LogP contribution in [0.25, 0.3) is 0 Å². The fraction of sp³-hybridized carbons (Fsp3) is 0.619. The highest BCUT2D eigenvalue weighted by Gasteiger charge is 2.45. The van der Waals surface area contributed by atoms with Crippen LogP contribution in [0.3, 0.4) is 0 Å². The number of unbranched alkanes of at least 4 members (excludes halogenated alkanes) is 2. The maximum absolute atomic E-state index is 10.2. The van der Waals surface area contributed by atoms with Crippen LogP contribution in [0.5, 0.6) is 0 Å². The first-order valence-electron chi connectivity index (χ1n) is 9.35. The Morgan fingerprint density at radius 1 is 1.30 bits per heavy atom. The summed E-state index contributed by atoms with van der Waals surface area (Å²) in [7, 11) is 0. The van der Waals surface area contributed by atoms with Gasteiger partial charge in [-0.1, -0.05) is 62.1 Å².